The van der Waals surface area contributed by atoms with Crippen LogP contribution in [0.15, 0.2) is 0 Å². The Hall–Kier alpha value is -0.700. The van der Waals surface area contributed by atoms with E-state index in [1.165, 1.54) is 10.6 Å². The number of carbonyl (C=O) groups excluding carboxylic acids is 1. The van der Waals surface area contributed by atoms with Crippen molar-refractivity contribution in [2.45, 2.75) is 37.8 Å². The molecule has 1 saturated carbocycles. The number of hydrogen-bond acceptors (Lipinski definition) is 6. The van der Waals surface area contributed by atoms with Crippen molar-refractivity contribution in [3.63, 3.8) is 0 Å². The molecule has 0 aromatic heterocycles. The number of hydrogen-bond donors (Lipinski definition) is 1. The van der Waals surface area contributed by atoms with Crippen LogP contribution in [-0.4, -0.2) is 74.2 Å². The SMILES string of the molecule is CCOC(=O)C1(N)CCC(N2CCN(S(C)(=O)=O)CC2)C1. The fraction of sp³-hybridized carbons (Fsp3) is 0.923. The first kappa shape index (κ1) is 16.7. The monoisotopic (exact) mass is 319 g/mol. The predicted molar refractivity (Wildman–Crippen MR) is 79.2 cm³/mol. The van der Waals surface area contributed by atoms with Crippen LogP contribution in [0.3, 0.4) is 0 Å². The van der Waals surface area contributed by atoms with Gasteiger partial charge in [0.1, 0.15) is 5.54 Å². The second-order valence-corrected chi connectivity index (χ2v) is 7.95. The van der Waals surface area contributed by atoms with Crippen molar-refractivity contribution in [2.24, 2.45) is 5.73 Å². The number of rotatable bonds is 4. The molecule has 2 atom stereocenters. The van der Waals surface area contributed by atoms with Crippen LogP contribution in [0, 0.1) is 0 Å². The van der Waals surface area contributed by atoms with Gasteiger partial charge in [-0.25, -0.2) is 8.42 Å². The van der Waals surface area contributed by atoms with Gasteiger partial charge in [-0.05, 0) is 26.2 Å². The maximum atomic E-state index is 11.9. The highest BCUT2D eigenvalue weighted by molar-refractivity contribution is 7.88. The molecule has 1 heterocycles. The molecule has 0 spiro atoms. The third-order valence-corrected chi connectivity index (χ3v) is 5.77. The molecule has 1 aliphatic carbocycles. The summed E-state index contributed by atoms with van der Waals surface area (Å²) in [4.78, 5) is 14.2. The molecule has 2 N–H and O–H groups in total. The number of ether oxygens (including phenoxy) is 1. The van der Waals surface area contributed by atoms with Gasteiger partial charge in [0.15, 0.2) is 0 Å². The van der Waals surface area contributed by atoms with Crippen molar-refractivity contribution in [3.05, 3.63) is 0 Å². The van der Waals surface area contributed by atoms with Crippen LogP contribution in [0.4, 0.5) is 0 Å². The lowest BCUT2D eigenvalue weighted by Crippen LogP contribution is -2.53. The van der Waals surface area contributed by atoms with E-state index >= 15 is 0 Å². The maximum Gasteiger partial charge on any atom is 0.326 e. The molecule has 122 valence electrons. The van der Waals surface area contributed by atoms with Crippen molar-refractivity contribution in [1.29, 1.82) is 0 Å². The highest BCUT2D eigenvalue weighted by atomic mass is 32.2. The number of nitrogens with zero attached hydrogens (tertiary/aromatic N) is 2. The van der Waals surface area contributed by atoms with Gasteiger partial charge in [0, 0.05) is 32.2 Å². The van der Waals surface area contributed by atoms with Crippen LogP contribution in [0.5, 0.6) is 0 Å². The molecule has 0 bridgehead atoms. The highest BCUT2D eigenvalue weighted by Gasteiger charge is 2.45. The largest absolute Gasteiger partial charge is 0.465 e. The summed E-state index contributed by atoms with van der Waals surface area (Å²) < 4.78 is 29.6. The van der Waals surface area contributed by atoms with Crippen molar-refractivity contribution < 1.29 is 17.9 Å². The minimum absolute atomic E-state index is 0.237. The van der Waals surface area contributed by atoms with Gasteiger partial charge in [0.2, 0.25) is 10.0 Å². The summed E-state index contributed by atoms with van der Waals surface area (Å²) in [6, 6.07) is 0.237. The number of esters is 1. The van der Waals surface area contributed by atoms with Crippen molar-refractivity contribution in [3.8, 4) is 0 Å². The summed E-state index contributed by atoms with van der Waals surface area (Å²) in [5.41, 5.74) is 5.29. The van der Waals surface area contributed by atoms with E-state index in [1.807, 2.05) is 0 Å². The summed E-state index contributed by atoms with van der Waals surface area (Å²) in [6.07, 6.45) is 3.31. The number of nitrogens with two attached hydrogens (primary N) is 1. The van der Waals surface area contributed by atoms with Crippen LogP contribution in [0.1, 0.15) is 26.2 Å². The van der Waals surface area contributed by atoms with Crippen LogP contribution >= 0.6 is 0 Å². The second kappa shape index (κ2) is 6.20. The third kappa shape index (κ3) is 3.74. The quantitative estimate of drug-likeness (QED) is 0.694. The van der Waals surface area contributed by atoms with Crippen molar-refractivity contribution in [1.82, 2.24) is 9.21 Å². The standard InChI is InChI=1S/C13H25N3O4S/c1-3-20-12(17)13(14)5-4-11(10-13)15-6-8-16(9-7-15)21(2,18)19/h11H,3-10,14H2,1-2H3. The molecule has 0 amide bonds. The molecule has 0 aromatic carbocycles. The maximum absolute atomic E-state index is 11.9. The predicted octanol–water partition coefficient (Wildman–Crippen LogP) is -0.623. The van der Waals surface area contributed by atoms with E-state index in [4.69, 9.17) is 10.5 Å². The summed E-state index contributed by atoms with van der Waals surface area (Å²) in [5.74, 6) is -0.317. The topological polar surface area (TPSA) is 92.9 Å². The number of carbonyl (C=O) groups is 1. The molecule has 1 saturated heterocycles. The Labute approximate surface area is 126 Å². The number of sulfonamides is 1. The molecule has 8 heteroatoms. The summed E-state index contributed by atoms with van der Waals surface area (Å²) >= 11 is 0. The molecule has 0 aromatic rings. The van der Waals surface area contributed by atoms with Gasteiger partial charge in [-0.1, -0.05) is 0 Å². The first-order chi connectivity index (χ1) is 9.76. The lowest BCUT2D eigenvalue weighted by molar-refractivity contribution is -0.149. The molecule has 21 heavy (non-hydrogen) atoms. The van der Waals surface area contributed by atoms with Crippen molar-refractivity contribution >= 4 is 16.0 Å². The van der Waals surface area contributed by atoms with E-state index in [9.17, 15) is 13.2 Å². The Bertz CT molecular complexity index is 488. The molecule has 0 radical (unpaired) electrons. The molecule has 2 fully saturated rings. The molecule has 7 nitrogen and oxygen atoms in total. The zero-order valence-electron chi connectivity index (χ0n) is 12.7. The van der Waals surface area contributed by atoms with Gasteiger partial charge in [-0.15, -0.1) is 0 Å². The summed E-state index contributed by atoms with van der Waals surface area (Å²) in [6.45, 7) is 4.51. The lowest BCUT2D eigenvalue weighted by atomic mass is 9.99. The Morgan fingerprint density at radius 1 is 1.33 bits per heavy atom. The van der Waals surface area contributed by atoms with Crippen LogP contribution < -0.4 is 5.73 Å². The fourth-order valence-electron chi connectivity index (χ4n) is 3.22. The molecule has 1 aliphatic heterocycles. The average molecular weight is 319 g/mol. The third-order valence-electron chi connectivity index (χ3n) is 4.46. The van der Waals surface area contributed by atoms with Crippen LogP contribution in [0.2, 0.25) is 0 Å². The molecule has 2 rings (SSSR count). The Morgan fingerprint density at radius 3 is 2.48 bits per heavy atom. The lowest BCUT2D eigenvalue weighted by Gasteiger charge is -2.37. The first-order valence-corrected chi connectivity index (χ1v) is 9.26. The Balaban J connectivity index is 1.90. The molecule has 2 aliphatic rings. The van der Waals surface area contributed by atoms with Crippen LogP contribution in [0.25, 0.3) is 0 Å². The van der Waals surface area contributed by atoms with E-state index < -0.39 is 15.6 Å². The van der Waals surface area contributed by atoms with Gasteiger partial charge < -0.3 is 10.5 Å². The summed E-state index contributed by atoms with van der Waals surface area (Å²) in [5, 5.41) is 0. The van der Waals surface area contributed by atoms with Crippen LogP contribution in [-0.2, 0) is 19.6 Å². The fourth-order valence-corrected chi connectivity index (χ4v) is 4.05. The van der Waals surface area contributed by atoms with E-state index in [-0.39, 0.29) is 12.0 Å². The Kier molecular flexibility index (Phi) is 4.92. The zero-order valence-corrected chi connectivity index (χ0v) is 13.6. The minimum atomic E-state index is -3.11. The van der Waals surface area contributed by atoms with E-state index in [2.05, 4.69) is 4.90 Å². The normalized spacial score (nSPS) is 32.2. The van der Waals surface area contributed by atoms with Gasteiger partial charge >= 0.3 is 5.97 Å². The van der Waals surface area contributed by atoms with E-state index in [0.29, 0.717) is 45.6 Å². The van der Waals surface area contributed by atoms with Gasteiger partial charge in [0.05, 0.1) is 12.9 Å². The van der Waals surface area contributed by atoms with E-state index in [0.717, 1.165) is 6.42 Å². The average Bonchev–Trinajstić information content (AvgIpc) is 2.82. The van der Waals surface area contributed by atoms with Gasteiger partial charge in [-0.3, -0.25) is 9.69 Å². The smallest absolute Gasteiger partial charge is 0.326 e. The second-order valence-electron chi connectivity index (χ2n) is 5.97. The first-order valence-electron chi connectivity index (χ1n) is 7.41. The summed E-state index contributed by atoms with van der Waals surface area (Å²) in [7, 11) is -3.11. The highest BCUT2D eigenvalue weighted by Crippen LogP contribution is 2.32. The van der Waals surface area contributed by atoms with E-state index in [1.54, 1.807) is 6.92 Å². The van der Waals surface area contributed by atoms with Crippen molar-refractivity contribution in [2.75, 3.05) is 39.0 Å². The zero-order chi connectivity index (χ0) is 15.7. The van der Waals surface area contributed by atoms with Gasteiger partial charge in [-0.2, -0.15) is 4.31 Å². The molecule has 2 unspecified atom stereocenters. The van der Waals surface area contributed by atoms with Gasteiger partial charge in [0.25, 0.3) is 0 Å². The minimum Gasteiger partial charge on any atom is -0.465 e. The molecular weight excluding hydrogens is 294 g/mol. The Morgan fingerprint density at radius 2 is 1.95 bits per heavy atom. The number of piperazine rings is 1. The molecular formula is C13H25N3O4S.